The number of ether oxygens (including phenoxy) is 4. The van der Waals surface area contributed by atoms with Crippen molar-refractivity contribution in [2.75, 3.05) is 39.1 Å². The Morgan fingerprint density at radius 1 is 1.12 bits per heavy atom. The van der Waals surface area contributed by atoms with Crippen molar-refractivity contribution in [3.05, 3.63) is 58.4 Å². The van der Waals surface area contributed by atoms with E-state index in [1.54, 1.807) is 23.9 Å². The number of esters is 2. The molecule has 0 bridgehead atoms. The summed E-state index contributed by atoms with van der Waals surface area (Å²) in [5.41, 5.74) is 0.983. The standard InChI is InChI=1S/C26H26ClN5O7S/c1-36-25(34)22-23(26(35)37-2)32(30-29-22)16-9-19(24(33)28-15-5-4-6-17(8-15)40-3)31(12-16)11-14-7-20-21(10-18(14)27)39-13-38-20/h4-8,10,16,19H,9,11-13H2,1-3H3,(H,28,33)/t16-,19-/m0/s1. The van der Waals surface area contributed by atoms with Crippen molar-refractivity contribution < 1.29 is 33.3 Å². The van der Waals surface area contributed by atoms with Gasteiger partial charge in [0, 0.05) is 34.8 Å². The van der Waals surface area contributed by atoms with Gasteiger partial charge in [-0.3, -0.25) is 9.69 Å². The zero-order valence-corrected chi connectivity index (χ0v) is 23.5. The van der Waals surface area contributed by atoms with Crippen LogP contribution in [0.4, 0.5) is 5.69 Å². The highest BCUT2D eigenvalue weighted by Gasteiger charge is 2.41. The van der Waals surface area contributed by atoms with Crippen LogP contribution in [0.2, 0.25) is 5.02 Å². The predicted octanol–water partition coefficient (Wildman–Crippen LogP) is 3.41. The van der Waals surface area contributed by atoms with E-state index in [-0.39, 0.29) is 30.5 Å². The molecule has 0 saturated carbocycles. The zero-order valence-electron chi connectivity index (χ0n) is 21.9. The van der Waals surface area contributed by atoms with Crippen LogP contribution in [0, 0.1) is 0 Å². The number of benzene rings is 2. The number of likely N-dealkylation sites (tertiary alicyclic amines) is 1. The number of thioether (sulfide) groups is 1. The van der Waals surface area contributed by atoms with Crippen molar-refractivity contribution in [2.24, 2.45) is 0 Å². The number of carbonyl (C=O) groups excluding carboxylic acids is 3. The average molecular weight is 588 g/mol. The van der Waals surface area contributed by atoms with E-state index in [1.165, 1.54) is 18.9 Å². The summed E-state index contributed by atoms with van der Waals surface area (Å²) in [7, 11) is 2.38. The fourth-order valence-electron chi connectivity index (χ4n) is 4.80. The normalized spacial score (nSPS) is 18.0. The molecule has 0 aliphatic carbocycles. The first-order valence-electron chi connectivity index (χ1n) is 12.2. The van der Waals surface area contributed by atoms with Crippen LogP contribution in [0.3, 0.4) is 0 Å². The number of anilines is 1. The van der Waals surface area contributed by atoms with Crippen molar-refractivity contribution in [3.63, 3.8) is 0 Å². The van der Waals surface area contributed by atoms with Crippen LogP contribution >= 0.6 is 23.4 Å². The summed E-state index contributed by atoms with van der Waals surface area (Å²) < 4.78 is 21.9. The maximum atomic E-state index is 13.7. The maximum Gasteiger partial charge on any atom is 0.361 e. The van der Waals surface area contributed by atoms with E-state index in [0.29, 0.717) is 35.3 Å². The van der Waals surface area contributed by atoms with Gasteiger partial charge in [-0.2, -0.15) is 0 Å². The minimum atomic E-state index is -0.823. The van der Waals surface area contributed by atoms with Crippen molar-refractivity contribution in [3.8, 4) is 11.5 Å². The average Bonchev–Trinajstić information content (AvgIpc) is 3.70. The Morgan fingerprint density at radius 3 is 2.60 bits per heavy atom. The van der Waals surface area contributed by atoms with Gasteiger partial charge >= 0.3 is 11.9 Å². The highest BCUT2D eigenvalue weighted by Crippen LogP contribution is 2.39. The van der Waals surface area contributed by atoms with Crippen molar-refractivity contribution >= 4 is 46.9 Å². The predicted molar refractivity (Wildman–Crippen MR) is 145 cm³/mol. The van der Waals surface area contributed by atoms with Gasteiger partial charge in [0.05, 0.1) is 26.3 Å². The third-order valence-corrected chi connectivity index (χ3v) is 7.81. The number of halogens is 1. The van der Waals surface area contributed by atoms with Gasteiger partial charge in [-0.05, 0) is 42.5 Å². The molecule has 1 saturated heterocycles. The minimum absolute atomic E-state index is 0.103. The number of nitrogens with one attached hydrogen (secondary N) is 1. The molecule has 14 heteroatoms. The summed E-state index contributed by atoms with van der Waals surface area (Å²) in [6.45, 7) is 0.689. The van der Waals surface area contributed by atoms with Crippen LogP contribution in [-0.2, 0) is 20.8 Å². The third kappa shape index (κ3) is 5.44. The summed E-state index contributed by atoms with van der Waals surface area (Å²) in [5.74, 6) is -0.742. The molecule has 2 aromatic carbocycles. The van der Waals surface area contributed by atoms with Crippen LogP contribution in [-0.4, -0.2) is 77.6 Å². The number of hydrogen-bond donors (Lipinski definition) is 1. The number of carbonyl (C=O) groups is 3. The molecule has 0 spiro atoms. The molecular formula is C26H26ClN5O7S. The first kappa shape index (κ1) is 27.7. The van der Waals surface area contributed by atoms with Crippen LogP contribution < -0.4 is 14.8 Å². The Labute approximate surface area is 238 Å². The molecule has 1 fully saturated rings. The third-order valence-electron chi connectivity index (χ3n) is 6.73. The van der Waals surface area contributed by atoms with Gasteiger partial charge in [-0.25, -0.2) is 14.3 Å². The van der Waals surface area contributed by atoms with Gasteiger partial charge in [-0.15, -0.1) is 16.9 Å². The number of amides is 1. The highest BCUT2D eigenvalue weighted by atomic mass is 35.5. The molecule has 2 aliphatic rings. The molecule has 210 valence electrons. The monoisotopic (exact) mass is 587 g/mol. The van der Waals surface area contributed by atoms with Crippen LogP contribution in [0.25, 0.3) is 0 Å². The molecular weight excluding hydrogens is 562 g/mol. The molecule has 1 amide bonds. The van der Waals surface area contributed by atoms with Crippen molar-refractivity contribution in [1.29, 1.82) is 0 Å². The van der Waals surface area contributed by atoms with Gasteiger partial charge in [0.2, 0.25) is 18.4 Å². The molecule has 1 aromatic heterocycles. The topological polar surface area (TPSA) is 134 Å². The van der Waals surface area contributed by atoms with E-state index in [1.807, 2.05) is 35.4 Å². The number of rotatable bonds is 8. The summed E-state index contributed by atoms with van der Waals surface area (Å²) in [6.07, 6.45) is 2.23. The molecule has 3 aromatic rings. The number of nitrogens with zero attached hydrogens (tertiary/aromatic N) is 4. The van der Waals surface area contributed by atoms with E-state index in [4.69, 9.17) is 30.5 Å². The second-order valence-corrected chi connectivity index (χ2v) is 10.4. The quantitative estimate of drug-likeness (QED) is 0.307. The lowest BCUT2D eigenvalue weighted by molar-refractivity contribution is -0.120. The molecule has 40 heavy (non-hydrogen) atoms. The van der Waals surface area contributed by atoms with E-state index < -0.39 is 24.0 Å². The largest absolute Gasteiger partial charge is 0.464 e. The van der Waals surface area contributed by atoms with Crippen LogP contribution in [0.1, 0.15) is 39.0 Å². The van der Waals surface area contributed by atoms with Gasteiger partial charge in [-0.1, -0.05) is 22.9 Å². The van der Waals surface area contributed by atoms with E-state index in [0.717, 1.165) is 10.5 Å². The van der Waals surface area contributed by atoms with Crippen LogP contribution in [0.15, 0.2) is 41.3 Å². The lowest BCUT2D eigenvalue weighted by Crippen LogP contribution is -2.39. The number of methoxy groups -OCH3 is 2. The number of fused-ring (bicyclic) bond motifs is 1. The Kier molecular flexibility index (Phi) is 8.14. The lowest BCUT2D eigenvalue weighted by Gasteiger charge is -2.24. The van der Waals surface area contributed by atoms with Gasteiger partial charge < -0.3 is 24.3 Å². The fraction of sp³-hybridized carbons (Fsp3) is 0.346. The van der Waals surface area contributed by atoms with Crippen LogP contribution in [0.5, 0.6) is 11.5 Å². The Hall–Kier alpha value is -3.81. The second-order valence-electron chi connectivity index (χ2n) is 9.07. The lowest BCUT2D eigenvalue weighted by atomic mass is 10.1. The highest BCUT2D eigenvalue weighted by molar-refractivity contribution is 7.98. The minimum Gasteiger partial charge on any atom is -0.464 e. The molecule has 0 unspecified atom stereocenters. The van der Waals surface area contributed by atoms with E-state index in [2.05, 4.69) is 15.6 Å². The van der Waals surface area contributed by atoms with E-state index in [9.17, 15) is 14.4 Å². The zero-order chi connectivity index (χ0) is 28.4. The Bertz CT molecular complexity index is 1470. The number of aromatic nitrogens is 3. The fourth-order valence-corrected chi connectivity index (χ4v) is 5.47. The van der Waals surface area contributed by atoms with Gasteiger partial charge in [0.15, 0.2) is 17.2 Å². The molecule has 3 heterocycles. The molecule has 5 rings (SSSR count). The molecule has 0 radical (unpaired) electrons. The maximum absolute atomic E-state index is 13.7. The van der Waals surface area contributed by atoms with Crippen molar-refractivity contribution in [2.45, 2.75) is 29.9 Å². The summed E-state index contributed by atoms with van der Waals surface area (Å²) in [6, 6.07) is 9.88. The first-order chi connectivity index (χ1) is 19.3. The smallest absolute Gasteiger partial charge is 0.361 e. The van der Waals surface area contributed by atoms with Gasteiger partial charge in [0.1, 0.15) is 0 Å². The summed E-state index contributed by atoms with van der Waals surface area (Å²) >= 11 is 8.13. The number of hydrogen-bond acceptors (Lipinski definition) is 11. The molecule has 2 atom stereocenters. The summed E-state index contributed by atoms with van der Waals surface area (Å²) in [5, 5.41) is 11.4. The summed E-state index contributed by atoms with van der Waals surface area (Å²) in [4.78, 5) is 41.5. The second kappa shape index (κ2) is 11.7. The van der Waals surface area contributed by atoms with Gasteiger partial charge in [0.25, 0.3) is 0 Å². The SMILES string of the molecule is COC(=O)c1nnn([C@H]2C[C@@H](C(=O)Nc3cccc(SC)c3)N(Cc3cc4c(cc3Cl)OCO4)C2)c1C(=O)OC. The van der Waals surface area contributed by atoms with E-state index >= 15 is 0 Å². The Balaban J connectivity index is 1.47. The first-order valence-corrected chi connectivity index (χ1v) is 13.8. The Morgan fingerprint density at radius 2 is 1.88 bits per heavy atom. The molecule has 2 aliphatic heterocycles. The molecule has 1 N–H and O–H groups in total. The van der Waals surface area contributed by atoms with Crippen molar-refractivity contribution in [1.82, 2.24) is 19.9 Å². The molecule has 12 nitrogen and oxygen atoms in total.